The number of hydrogen-bond donors (Lipinski definition) is 1. The quantitative estimate of drug-likeness (QED) is 0.750. The summed E-state index contributed by atoms with van der Waals surface area (Å²) in [7, 11) is 0. The van der Waals surface area contributed by atoms with Gasteiger partial charge < -0.3 is 14.6 Å². The van der Waals surface area contributed by atoms with Gasteiger partial charge in [0.25, 0.3) is 0 Å². The second-order valence-electron chi connectivity index (χ2n) is 6.74. The van der Waals surface area contributed by atoms with Crippen LogP contribution < -0.4 is 0 Å². The highest BCUT2D eigenvalue weighted by Crippen LogP contribution is 2.18. The summed E-state index contributed by atoms with van der Waals surface area (Å²) in [6, 6.07) is 0. The Morgan fingerprint density at radius 1 is 1.06 bits per heavy atom. The molecule has 0 amide bonds. The van der Waals surface area contributed by atoms with Crippen molar-refractivity contribution in [2.24, 2.45) is 11.3 Å². The minimum absolute atomic E-state index is 0.0989. The van der Waals surface area contributed by atoms with Gasteiger partial charge in [0.15, 0.2) is 0 Å². The number of aliphatic hydroxyl groups is 1. The van der Waals surface area contributed by atoms with Gasteiger partial charge in [-0.15, -0.1) is 0 Å². The molecular formula is C14H30O3. The molecule has 1 N–H and O–H groups in total. The van der Waals surface area contributed by atoms with E-state index in [1.165, 1.54) is 0 Å². The summed E-state index contributed by atoms with van der Waals surface area (Å²) < 4.78 is 11.5. The highest BCUT2D eigenvalue weighted by atomic mass is 16.5. The predicted octanol–water partition coefficient (Wildman–Crippen LogP) is 2.86. The maximum absolute atomic E-state index is 9.15. The minimum Gasteiger partial charge on any atom is -0.396 e. The summed E-state index contributed by atoms with van der Waals surface area (Å²) in [6.07, 6.45) is 0.142. The number of ether oxygens (including phenoxy) is 2. The molecule has 0 saturated carbocycles. The topological polar surface area (TPSA) is 38.7 Å². The smallest absolute Gasteiger partial charge is 0.0598 e. The van der Waals surface area contributed by atoms with Crippen molar-refractivity contribution in [1.82, 2.24) is 0 Å². The van der Waals surface area contributed by atoms with Crippen LogP contribution in [0.15, 0.2) is 0 Å². The summed E-state index contributed by atoms with van der Waals surface area (Å²) in [5.74, 6) is 0.351. The highest BCUT2D eigenvalue weighted by Gasteiger charge is 2.22. The molecule has 0 aliphatic carbocycles. The van der Waals surface area contributed by atoms with Crippen LogP contribution in [0.3, 0.4) is 0 Å². The molecular weight excluding hydrogens is 216 g/mol. The van der Waals surface area contributed by atoms with Gasteiger partial charge >= 0.3 is 0 Å². The van der Waals surface area contributed by atoms with Crippen molar-refractivity contribution in [3.8, 4) is 0 Å². The lowest BCUT2D eigenvalue weighted by Crippen LogP contribution is -2.32. The van der Waals surface area contributed by atoms with Gasteiger partial charge in [-0.1, -0.05) is 20.8 Å². The molecule has 2 unspecified atom stereocenters. The van der Waals surface area contributed by atoms with Crippen LogP contribution in [0.4, 0.5) is 0 Å². The standard InChI is InChI=1S/C14H30O3/c1-11(8-17-13(3,4)5)12(2)16-10-14(6,7)9-15/h11-12,15H,8-10H2,1-7H3. The van der Waals surface area contributed by atoms with E-state index in [0.717, 1.165) is 0 Å². The Morgan fingerprint density at radius 3 is 2.00 bits per heavy atom. The fourth-order valence-electron chi connectivity index (χ4n) is 1.08. The molecule has 0 heterocycles. The molecule has 17 heavy (non-hydrogen) atoms. The third kappa shape index (κ3) is 8.58. The van der Waals surface area contributed by atoms with Crippen molar-refractivity contribution in [2.45, 2.75) is 60.2 Å². The first-order chi connectivity index (χ1) is 7.57. The van der Waals surface area contributed by atoms with Crippen LogP contribution in [-0.4, -0.2) is 36.6 Å². The van der Waals surface area contributed by atoms with E-state index in [9.17, 15) is 0 Å². The molecule has 0 aliphatic heterocycles. The van der Waals surface area contributed by atoms with Crippen LogP contribution in [0.1, 0.15) is 48.5 Å². The lowest BCUT2D eigenvalue weighted by molar-refractivity contribution is -0.0742. The van der Waals surface area contributed by atoms with Crippen LogP contribution >= 0.6 is 0 Å². The van der Waals surface area contributed by atoms with Crippen molar-refractivity contribution >= 4 is 0 Å². The second-order valence-corrected chi connectivity index (χ2v) is 6.74. The molecule has 0 aliphatic rings. The molecule has 0 aromatic carbocycles. The third-order valence-electron chi connectivity index (χ3n) is 2.75. The summed E-state index contributed by atoms with van der Waals surface area (Å²) in [4.78, 5) is 0. The second kappa shape index (κ2) is 6.72. The number of hydrogen-bond acceptors (Lipinski definition) is 3. The Kier molecular flexibility index (Phi) is 6.67. The first kappa shape index (κ1) is 16.9. The van der Waals surface area contributed by atoms with Crippen LogP contribution in [0.2, 0.25) is 0 Å². The molecule has 0 radical (unpaired) electrons. The van der Waals surface area contributed by atoms with Gasteiger partial charge in [0.05, 0.1) is 31.5 Å². The fraction of sp³-hybridized carbons (Fsp3) is 1.00. The Morgan fingerprint density at radius 2 is 1.59 bits per heavy atom. The van der Waals surface area contributed by atoms with Crippen LogP contribution in [0.25, 0.3) is 0 Å². The third-order valence-corrected chi connectivity index (χ3v) is 2.75. The van der Waals surface area contributed by atoms with Crippen LogP contribution in [0.5, 0.6) is 0 Å². The van der Waals surface area contributed by atoms with Crippen molar-refractivity contribution in [2.75, 3.05) is 19.8 Å². The van der Waals surface area contributed by atoms with Gasteiger partial charge in [0.2, 0.25) is 0 Å². The van der Waals surface area contributed by atoms with Gasteiger partial charge in [-0.05, 0) is 27.7 Å². The zero-order valence-corrected chi connectivity index (χ0v) is 12.5. The molecule has 104 valence electrons. The number of aliphatic hydroxyl groups excluding tert-OH is 1. The highest BCUT2D eigenvalue weighted by molar-refractivity contribution is 4.69. The fourth-order valence-corrected chi connectivity index (χ4v) is 1.08. The summed E-state index contributed by atoms with van der Waals surface area (Å²) in [5, 5.41) is 9.15. The average Bonchev–Trinajstić information content (AvgIpc) is 2.21. The summed E-state index contributed by atoms with van der Waals surface area (Å²) in [5.41, 5.74) is -0.267. The Balaban J connectivity index is 3.94. The van der Waals surface area contributed by atoms with Gasteiger partial charge in [0.1, 0.15) is 0 Å². The van der Waals surface area contributed by atoms with Gasteiger partial charge in [-0.3, -0.25) is 0 Å². The average molecular weight is 246 g/mol. The predicted molar refractivity (Wildman–Crippen MR) is 71.1 cm³/mol. The molecule has 3 nitrogen and oxygen atoms in total. The first-order valence-electron chi connectivity index (χ1n) is 6.44. The molecule has 3 heteroatoms. The van der Waals surface area contributed by atoms with Gasteiger partial charge in [-0.25, -0.2) is 0 Å². The molecule has 0 aromatic heterocycles. The molecule has 0 bridgehead atoms. The van der Waals surface area contributed by atoms with Crippen molar-refractivity contribution in [3.63, 3.8) is 0 Å². The van der Waals surface area contributed by atoms with E-state index in [0.29, 0.717) is 19.1 Å². The molecule has 0 saturated heterocycles. The zero-order chi connectivity index (χ0) is 13.7. The monoisotopic (exact) mass is 246 g/mol. The van der Waals surface area contributed by atoms with Gasteiger partial charge in [-0.2, -0.15) is 0 Å². The molecule has 0 spiro atoms. The zero-order valence-electron chi connectivity index (χ0n) is 12.5. The lowest BCUT2D eigenvalue weighted by atomic mass is 9.96. The molecule has 2 atom stereocenters. The maximum atomic E-state index is 9.15. The lowest BCUT2D eigenvalue weighted by Gasteiger charge is -2.29. The molecule has 0 rings (SSSR count). The molecule has 0 aromatic rings. The van der Waals surface area contributed by atoms with Crippen molar-refractivity contribution in [1.29, 1.82) is 0 Å². The van der Waals surface area contributed by atoms with E-state index in [4.69, 9.17) is 14.6 Å². The maximum Gasteiger partial charge on any atom is 0.0598 e. The minimum atomic E-state index is -0.168. The van der Waals surface area contributed by atoms with E-state index >= 15 is 0 Å². The Bertz CT molecular complexity index is 206. The number of rotatable bonds is 7. The Labute approximate surface area is 107 Å². The van der Waals surface area contributed by atoms with Crippen molar-refractivity contribution < 1.29 is 14.6 Å². The van der Waals surface area contributed by atoms with E-state index in [1.54, 1.807) is 0 Å². The van der Waals surface area contributed by atoms with E-state index in [-0.39, 0.29) is 23.7 Å². The van der Waals surface area contributed by atoms with E-state index in [1.807, 2.05) is 13.8 Å². The van der Waals surface area contributed by atoms with Crippen LogP contribution in [0, 0.1) is 11.3 Å². The largest absolute Gasteiger partial charge is 0.396 e. The molecule has 0 fully saturated rings. The van der Waals surface area contributed by atoms with E-state index < -0.39 is 0 Å². The first-order valence-corrected chi connectivity index (χ1v) is 6.44. The van der Waals surface area contributed by atoms with Crippen LogP contribution in [-0.2, 0) is 9.47 Å². The van der Waals surface area contributed by atoms with Gasteiger partial charge in [0, 0.05) is 11.3 Å². The Hall–Kier alpha value is -0.120. The summed E-state index contributed by atoms with van der Waals surface area (Å²) in [6.45, 7) is 15.8. The van der Waals surface area contributed by atoms with Crippen molar-refractivity contribution in [3.05, 3.63) is 0 Å². The van der Waals surface area contributed by atoms with E-state index in [2.05, 4.69) is 34.6 Å². The normalized spacial score (nSPS) is 16.9. The SMILES string of the molecule is CC(COC(C)(C)C)C(C)OCC(C)(C)CO. The summed E-state index contributed by atoms with van der Waals surface area (Å²) >= 11 is 0.